The number of amides is 1. The summed E-state index contributed by atoms with van der Waals surface area (Å²) >= 11 is 0. The molecular weight excluding hydrogens is 258 g/mol. The molecule has 0 saturated carbocycles. The summed E-state index contributed by atoms with van der Waals surface area (Å²) in [4.78, 5) is 15.7. The van der Waals surface area contributed by atoms with E-state index in [2.05, 4.69) is 20.8 Å². The van der Waals surface area contributed by atoms with E-state index < -0.39 is 0 Å². The molecule has 5 N–H and O–H groups in total. The largest absolute Gasteiger partial charge is 0.409 e. The Kier molecular flexibility index (Phi) is 5.45. The zero-order valence-corrected chi connectivity index (χ0v) is 12.0. The molecule has 0 aliphatic rings. The van der Waals surface area contributed by atoms with E-state index in [4.69, 9.17) is 10.9 Å². The van der Waals surface area contributed by atoms with Crippen LogP contribution in [0.15, 0.2) is 23.5 Å². The summed E-state index contributed by atoms with van der Waals surface area (Å²) in [6.07, 6.45) is 1.56. The Morgan fingerprint density at radius 2 is 2.20 bits per heavy atom. The lowest BCUT2D eigenvalue weighted by Gasteiger charge is -2.20. The summed E-state index contributed by atoms with van der Waals surface area (Å²) in [5.74, 6) is -0.145. The van der Waals surface area contributed by atoms with Crippen molar-refractivity contribution in [1.29, 1.82) is 0 Å². The van der Waals surface area contributed by atoms with Crippen molar-refractivity contribution in [3.63, 3.8) is 0 Å². The highest BCUT2D eigenvalue weighted by Gasteiger charge is 2.13. The number of amidine groups is 1. The van der Waals surface area contributed by atoms with Crippen LogP contribution in [0.3, 0.4) is 0 Å². The molecule has 0 aliphatic heterocycles. The molecule has 1 heterocycles. The van der Waals surface area contributed by atoms with Crippen LogP contribution in [0.2, 0.25) is 0 Å². The van der Waals surface area contributed by atoms with Crippen molar-refractivity contribution in [3.8, 4) is 0 Å². The van der Waals surface area contributed by atoms with E-state index in [0.717, 1.165) is 5.56 Å². The number of hydrogen-bond donors (Lipinski definition) is 4. The van der Waals surface area contributed by atoms with Crippen molar-refractivity contribution >= 4 is 11.7 Å². The molecule has 0 bridgehead atoms. The maximum atomic E-state index is 11.6. The maximum Gasteiger partial charge on any atom is 0.234 e. The molecule has 0 saturated heterocycles. The molecule has 7 heteroatoms. The highest BCUT2D eigenvalue weighted by molar-refractivity contribution is 5.96. The van der Waals surface area contributed by atoms with E-state index in [0.29, 0.717) is 12.2 Å². The van der Waals surface area contributed by atoms with Gasteiger partial charge in [-0.3, -0.25) is 9.78 Å². The predicted molar refractivity (Wildman–Crippen MR) is 76.4 cm³/mol. The number of pyridine rings is 1. The SMILES string of the molecule is CC(C)(C)NC(=O)CNCc1cccnc1/C(N)=N/O. The minimum Gasteiger partial charge on any atom is -0.409 e. The van der Waals surface area contributed by atoms with Crippen LogP contribution in [0.5, 0.6) is 0 Å². The summed E-state index contributed by atoms with van der Waals surface area (Å²) < 4.78 is 0. The van der Waals surface area contributed by atoms with Crippen molar-refractivity contribution < 1.29 is 10.0 Å². The first kappa shape index (κ1) is 15.9. The third-order valence-electron chi connectivity index (χ3n) is 2.36. The Morgan fingerprint density at radius 1 is 1.50 bits per heavy atom. The summed E-state index contributed by atoms with van der Waals surface area (Å²) in [5.41, 5.74) is 6.44. The summed E-state index contributed by atoms with van der Waals surface area (Å²) in [6.45, 7) is 6.34. The van der Waals surface area contributed by atoms with Gasteiger partial charge >= 0.3 is 0 Å². The van der Waals surface area contributed by atoms with Gasteiger partial charge in [-0.05, 0) is 32.4 Å². The van der Waals surface area contributed by atoms with Crippen LogP contribution in [0, 0.1) is 0 Å². The Bertz CT molecular complexity index is 494. The summed E-state index contributed by atoms with van der Waals surface area (Å²) in [7, 11) is 0. The van der Waals surface area contributed by atoms with Gasteiger partial charge < -0.3 is 21.6 Å². The third kappa shape index (κ3) is 5.23. The lowest BCUT2D eigenvalue weighted by atomic mass is 10.1. The number of rotatable bonds is 5. The number of oxime groups is 1. The van der Waals surface area contributed by atoms with E-state index >= 15 is 0 Å². The van der Waals surface area contributed by atoms with Gasteiger partial charge in [0.15, 0.2) is 5.84 Å². The van der Waals surface area contributed by atoms with Crippen LogP contribution in [0.4, 0.5) is 0 Å². The van der Waals surface area contributed by atoms with Gasteiger partial charge in [-0.2, -0.15) is 0 Å². The minimum absolute atomic E-state index is 0.0541. The highest BCUT2D eigenvalue weighted by atomic mass is 16.4. The number of nitrogens with two attached hydrogens (primary N) is 1. The van der Waals surface area contributed by atoms with Gasteiger partial charge in [0.2, 0.25) is 5.91 Å². The van der Waals surface area contributed by atoms with E-state index in [1.165, 1.54) is 0 Å². The Hall–Kier alpha value is -2.15. The molecule has 20 heavy (non-hydrogen) atoms. The van der Waals surface area contributed by atoms with Crippen LogP contribution in [0.1, 0.15) is 32.0 Å². The van der Waals surface area contributed by atoms with Crippen molar-refractivity contribution in [2.75, 3.05) is 6.54 Å². The predicted octanol–water partition coefficient (Wildman–Crippen LogP) is 0.180. The topological polar surface area (TPSA) is 113 Å². The van der Waals surface area contributed by atoms with E-state index in [1.807, 2.05) is 20.8 Å². The quantitative estimate of drug-likeness (QED) is 0.266. The molecule has 0 unspecified atom stereocenters. The van der Waals surface area contributed by atoms with Crippen molar-refractivity contribution in [2.24, 2.45) is 10.9 Å². The second-order valence-electron chi connectivity index (χ2n) is 5.40. The molecule has 1 rings (SSSR count). The number of hydrogen-bond acceptors (Lipinski definition) is 5. The van der Waals surface area contributed by atoms with Gasteiger partial charge in [-0.1, -0.05) is 11.2 Å². The van der Waals surface area contributed by atoms with Gasteiger partial charge in [0.1, 0.15) is 5.69 Å². The zero-order valence-electron chi connectivity index (χ0n) is 12.0. The average molecular weight is 279 g/mol. The zero-order chi connectivity index (χ0) is 15.2. The first-order chi connectivity index (χ1) is 9.33. The first-order valence-electron chi connectivity index (χ1n) is 6.27. The van der Waals surface area contributed by atoms with Crippen LogP contribution in [-0.2, 0) is 11.3 Å². The number of carbonyl (C=O) groups is 1. The Labute approximate surface area is 118 Å². The lowest BCUT2D eigenvalue weighted by molar-refractivity contribution is -0.121. The molecule has 1 aromatic heterocycles. The van der Waals surface area contributed by atoms with Crippen molar-refractivity contribution in [1.82, 2.24) is 15.6 Å². The molecule has 1 aromatic rings. The molecule has 0 aliphatic carbocycles. The molecule has 0 atom stereocenters. The fraction of sp³-hybridized carbons (Fsp3) is 0.462. The minimum atomic E-state index is -0.258. The molecule has 1 amide bonds. The van der Waals surface area contributed by atoms with Crippen LogP contribution in [0.25, 0.3) is 0 Å². The molecule has 0 radical (unpaired) electrons. The van der Waals surface area contributed by atoms with Crippen molar-refractivity contribution in [3.05, 3.63) is 29.6 Å². The lowest BCUT2D eigenvalue weighted by Crippen LogP contribution is -2.44. The Morgan fingerprint density at radius 3 is 2.80 bits per heavy atom. The second kappa shape index (κ2) is 6.85. The van der Waals surface area contributed by atoms with Gasteiger partial charge in [0, 0.05) is 18.3 Å². The van der Waals surface area contributed by atoms with Gasteiger partial charge in [0.05, 0.1) is 6.54 Å². The summed E-state index contributed by atoms with van der Waals surface area (Å²) in [6, 6.07) is 3.55. The molecule has 0 aromatic carbocycles. The fourth-order valence-electron chi connectivity index (χ4n) is 1.63. The third-order valence-corrected chi connectivity index (χ3v) is 2.36. The molecular formula is C13H21N5O2. The molecule has 110 valence electrons. The van der Waals surface area contributed by atoms with Crippen LogP contribution < -0.4 is 16.4 Å². The van der Waals surface area contributed by atoms with Gasteiger partial charge in [-0.25, -0.2) is 0 Å². The highest BCUT2D eigenvalue weighted by Crippen LogP contribution is 2.04. The number of nitrogens with one attached hydrogen (secondary N) is 2. The molecule has 7 nitrogen and oxygen atoms in total. The fourth-order valence-corrected chi connectivity index (χ4v) is 1.63. The average Bonchev–Trinajstić information content (AvgIpc) is 2.36. The Balaban J connectivity index is 2.57. The monoisotopic (exact) mass is 279 g/mol. The van der Waals surface area contributed by atoms with E-state index in [1.54, 1.807) is 18.3 Å². The standard InChI is InChI=1S/C13H21N5O2/c1-13(2,3)17-10(19)8-15-7-9-5-4-6-16-11(9)12(14)18-20/h4-6,15,20H,7-8H2,1-3H3,(H2,14,18)(H,17,19). The molecule has 0 spiro atoms. The number of carbonyl (C=O) groups excluding carboxylic acids is 1. The summed E-state index contributed by atoms with van der Waals surface area (Å²) in [5, 5.41) is 17.5. The van der Waals surface area contributed by atoms with Crippen molar-refractivity contribution in [2.45, 2.75) is 32.9 Å². The van der Waals surface area contributed by atoms with Crippen LogP contribution in [-0.4, -0.2) is 34.0 Å². The second-order valence-corrected chi connectivity index (χ2v) is 5.40. The number of aromatic nitrogens is 1. The van der Waals surface area contributed by atoms with Gasteiger partial charge in [0.25, 0.3) is 0 Å². The van der Waals surface area contributed by atoms with Crippen LogP contribution >= 0.6 is 0 Å². The molecule has 0 fully saturated rings. The van der Waals surface area contributed by atoms with Gasteiger partial charge in [-0.15, -0.1) is 0 Å². The smallest absolute Gasteiger partial charge is 0.234 e. The van der Waals surface area contributed by atoms with E-state index in [9.17, 15) is 4.79 Å². The number of nitrogens with zero attached hydrogens (tertiary/aromatic N) is 2. The van der Waals surface area contributed by atoms with E-state index in [-0.39, 0.29) is 23.8 Å². The normalized spacial score (nSPS) is 12.2. The maximum absolute atomic E-state index is 11.6. The first-order valence-corrected chi connectivity index (χ1v) is 6.27.